The summed E-state index contributed by atoms with van der Waals surface area (Å²) in [6, 6.07) is 12.9. The average molecular weight is 316 g/mol. The number of nitrogens with zero attached hydrogens (tertiary/aromatic N) is 2. The lowest BCUT2D eigenvalue weighted by Gasteiger charge is -2.01. The van der Waals surface area contributed by atoms with Gasteiger partial charge in [0, 0.05) is 16.3 Å². The molecule has 6 nitrogen and oxygen atoms in total. The molecule has 2 N–H and O–H groups in total. The van der Waals surface area contributed by atoms with Crippen molar-refractivity contribution in [2.24, 2.45) is 0 Å². The van der Waals surface area contributed by atoms with Crippen molar-refractivity contribution in [1.82, 2.24) is 10.1 Å². The second-order valence-electron chi connectivity index (χ2n) is 4.43. The van der Waals surface area contributed by atoms with Crippen LogP contribution in [0.5, 0.6) is 5.75 Å². The van der Waals surface area contributed by atoms with Crippen LogP contribution in [0, 0.1) is 0 Å². The highest BCUT2D eigenvalue weighted by molar-refractivity contribution is 6.30. The summed E-state index contributed by atoms with van der Waals surface area (Å²) >= 11 is 5.81. The van der Waals surface area contributed by atoms with E-state index in [1.54, 1.807) is 36.4 Å². The molecule has 110 valence electrons. The highest BCUT2D eigenvalue weighted by atomic mass is 35.5. The van der Waals surface area contributed by atoms with Crippen LogP contribution in [0.3, 0.4) is 0 Å². The summed E-state index contributed by atoms with van der Waals surface area (Å²) in [4.78, 5) is 16.0. The number of hydrogen-bond acceptors (Lipinski definition) is 5. The quantitative estimate of drug-likeness (QED) is 0.724. The molecule has 22 heavy (non-hydrogen) atoms. The minimum absolute atomic E-state index is 0.112. The van der Waals surface area contributed by atoms with Crippen LogP contribution in [-0.2, 0) is 0 Å². The molecule has 0 bridgehead atoms. The summed E-state index contributed by atoms with van der Waals surface area (Å²) in [6.07, 6.45) is 0. The van der Waals surface area contributed by atoms with Gasteiger partial charge in [-0.15, -0.1) is 0 Å². The van der Waals surface area contributed by atoms with Crippen molar-refractivity contribution in [2.45, 2.75) is 0 Å². The summed E-state index contributed by atoms with van der Waals surface area (Å²) < 4.78 is 4.95. The van der Waals surface area contributed by atoms with Crippen molar-refractivity contribution in [2.75, 3.05) is 5.32 Å². The Bertz CT molecular complexity index is 798. The molecule has 0 aliphatic carbocycles. The van der Waals surface area contributed by atoms with E-state index in [9.17, 15) is 9.90 Å². The lowest BCUT2D eigenvalue weighted by molar-refractivity contribution is 0.0981. The number of halogens is 1. The van der Waals surface area contributed by atoms with E-state index in [1.807, 2.05) is 0 Å². The number of phenolic OH excluding ortho intramolecular Hbond substituents is 1. The molecular weight excluding hydrogens is 306 g/mol. The van der Waals surface area contributed by atoms with Crippen molar-refractivity contribution in [3.8, 4) is 17.1 Å². The normalized spacial score (nSPS) is 10.4. The lowest BCUT2D eigenvalue weighted by Crippen LogP contribution is -2.12. The molecule has 0 aliphatic rings. The third kappa shape index (κ3) is 3.07. The molecule has 1 amide bonds. The highest BCUT2D eigenvalue weighted by Crippen LogP contribution is 2.19. The van der Waals surface area contributed by atoms with Crippen LogP contribution in [0.4, 0.5) is 5.69 Å². The van der Waals surface area contributed by atoms with Crippen molar-refractivity contribution in [3.05, 3.63) is 59.4 Å². The van der Waals surface area contributed by atoms with Gasteiger partial charge in [-0.3, -0.25) is 4.79 Å². The van der Waals surface area contributed by atoms with Gasteiger partial charge in [-0.2, -0.15) is 4.98 Å². The fourth-order valence-corrected chi connectivity index (χ4v) is 1.89. The van der Waals surface area contributed by atoms with E-state index in [4.69, 9.17) is 16.1 Å². The number of hydrogen-bond donors (Lipinski definition) is 2. The van der Waals surface area contributed by atoms with E-state index in [2.05, 4.69) is 15.5 Å². The zero-order valence-electron chi connectivity index (χ0n) is 11.2. The molecule has 0 saturated carbocycles. The molecule has 0 atom stereocenters. The first-order chi connectivity index (χ1) is 10.6. The molecule has 3 rings (SSSR count). The van der Waals surface area contributed by atoms with Crippen LogP contribution in [0.15, 0.2) is 53.1 Å². The van der Waals surface area contributed by atoms with Crippen molar-refractivity contribution in [3.63, 3.8) is 0 Å². The Morgan fingerprint density at radius 1 is 1.09 bits per heavy atom. The molecule has 0 aliphatic heterocycles. The van der Waals surface area contributed by atoms with E-state index in [0.29, 0.717) is 22.1 Å². The lowest BCUT2D eigenvalue weighted by atomic mass is 10.2. The summed E-state index contributed by atoms with van der Waals surface area (Å²) in [5.74, 6) is -0.273. The van der Waals surface area contributed by atoms with Gasteiger partial charge in [-0.25, -0.2) is 0 Å². The van der Waals surface area contributed by atoms with Gasteiger partial charge in [-0.05, 0) is 48.5 Å². The Hall–Kier alpha value is -2.86. The van der Waals surface area contributed by atoms with Crippen molar-refractivity contribution >= 4 is 23.2 Å². The number of anilines is 1. The fourth-order valence-electron chi connectivity index (χ4n) is 1.76. The molecule has 0 spiro atoms. The number of aromatic hydroxyl groups is 1. The van der Waals surface area contributed by atoms with Crippen LogP contribution in [-0.4, -0.2) is 21.2 Å². The first-order valence-corrected chi connectivity index (χ1v) is 6.69. The first-order valence-electron chi connectivity index (χ1n) is 6.32. The van der Waals surface area contributed by atoms with Crippen LogP contribution < -0.4 is 5.32 Å². The molecule has 0 fully saturated rings. The molecular formula is C15H10ClN3O3. The Morgan fingerprint density at radius 3 is 2.45 bits per heavy atom. The third-order valence-electron chi connectivity index (χ3n) is 2.85. The Morgan fingerprint density at radius 2 is 1.77 bits per heavy atom. The van der Waals surface area contributed by atoms with E-state index in [0.717, 1.165) is 0 Å². The summed E-state index contributed by atoms with van der Waals surface area (Å²) in [5.41, 5.74) is 1.20. The molecule has 0 radical (unpaired) electrons. The predicted octanol–water partition coefficient (Wildman–Crippen LogP) is 3.35. The van der Waals surface area contributed by atoms with Gasteiger partial charge in [0.15, 0.2) is 0 Å². The average Bonchev–Trinajstić information content (AvgIpc) is 3.00. The Kier molecular flexibility index (Phi) is 3.76. The largest absolute Gasteiger partial charge is 0.508 e. The maximum atomic E-state index is 12.0. The minimum Gasteiger partial charge on any atom is -0.508 e. The van der Waals surface area contributed by atoms with E-state index in [-0.39, 0.29) is 11.6 Å². The Labute approximate surface area is 130 Å². The number of carbonyl (C=O) groups is 1. The predicted molar refractivity (Wildman–Crippen MR) is 80.8 cm³/mol. The highest BCUT2D eigenvalue weighted by Gasteiger charge is 2.16. The maximum Gasteiger partial charge on any atom is 0.316 e. The van der Waals surface area contributed by atoms with Crippen LogP contribution in [0.2, 0.25) is 5.02 Å². The third-order valence-corrected chi connectivity index (χ3v) is 3.10. The number of carbonyl (C=O) groups excluding carboxylic acids is 1. The monoisotopic (exact) mass is 315 g/mol. The van der Waals surface area contributed by atoms with Crippen LogP contribution in [0.1, 0.15) is 10.7 Å². The molecule has 0 unspecified atom stereocenters. The van der Waals surface area contributed by atoms with Gasteiger partial charge < -0.3 is 14.9 Å². The van der Waals surface area contributed by atoms with E-state index < -0.39 is 5.91 Å². The number of nitrogens with one attached hydrogen (secondary N) is 1. The summed E-state index contributed by atoms with van der Waals surface area (Å²) in [7, 11) is 0. The van der Waals surface area contributed by atoms with Crippen LogP contribution in [0.25, 0.3) is 11.4 Å². The Balaban J connectivity index is 1.76. The summed E-state index contributed by atoms with van der Waals surface area (Å²) in [6.45, 7) is 0. The smallest absolute Gasteiger partial charge is 0.316 e. The van der Waals surface area contributed by atoms with Crippen molar-refractivity contribution in [1.29, 1.82) is 0 Å². The van der Waals surface area contributed by atoms with Gasteiger partial charge in [0.2, 0.25) is 5.82 Å². The van der Waals surface area contributed by atoms with Gasteiger partial charge in [0.05, 0.1) is 0 Å². The topological polar surface area (TPSA) is 88.2 Å². The number of aromatic nitrogens is 2. The second kappa shape index (κ2) is 5.87. The van der Waals surface area contributed by atoms with E-state index in [1.165, 1.54) is 12.1 Å². The molecule has 1 heterocycles. The standard InChI is InChI=1S/C15H10ClN3O3/c16-10-3-1-9(2-4-10)13-18-15(22-19-13)14(21)17-11-5-7-12(20)8-6-11/h1-8,20H,(H,17,21). The minimum atomic E-state index is -0.529. The van der Waals surface area contributed by atoms with Gasteiger partial charge >= 0.3 is 11.8 Å². The number of amides is 1. The second-order valence-corrected chi connectivity index (χ2v) is 4.87. The van der Waals surface area contributed by atoms with Gasteiger partial charge in [-0.1, -0.05) is 16.8 Å². The number of benzene rings is 2. The summed E-state index contributed by atoms with van der Waals surface area (Å²) in [5, 5.41) is 16.1. The SMILES string of the molecule is O=C(Nc1ccc(O)cc1)c1nc(-c2ccc(Cl)cc2)no1. The molecule has 7 heteroatoms. The number of rotatable bonds is 3. The zero-order valence-corrected chi connectivity index (χ0v) is 11.9. The molecule has 0 saturated heterocycles. The van der Waals surface area contributed by atoms with Gasteiger partial charge in [0.25, 0.3) is 0 Å². The molecule has 3 aromatic rings. The van der Waals surface area contributed by atoms with Crippen LogP contribution >= 0.6 is 11.6 Å². The molecule has 1 aromatic heterocycles. The number of phenols is 1. The zero-order chi connectivity index (χ0) is 15.5. The van der Waals surface area contributed by atoms with Crippen molar-refractivity contribution < 1.29 is 14.4 Å². The fraction of sp³-hybridized carbons (Fsp3) is 0. The molecule has 2 aromatic carbocycles. The van der Waals surface area contributed by atoms with Gasteiger partial charge in [0.1, 0.15) is 5.75 Å². The maximum absolute atomic E-state index is 12.0. The van der Waals surface area contributed by atoms with E-state index >= 15 is 0 Å². The first kappa shape index (κ1) is 14.1.